The minimum atomic E-state index is -3.83. The van der Waals surface area contributed by atoms with Crippen LogP contribution in [0.25, 0.3) is 11.1 Å². The van der Waals surface area contributed by atoms with E-state index >= 15 is 0 Å². The van der Waals surface area contributed by atoms with E-state index in [1.807, 2.05) is 54.6 Å². The lowest BCUT2D eigenvalue weighted by Crippen LogP contribution is -2.33. The van der Waals surface area contributed by atoms with Gasteiger partial charge in [-0.1, -0.05) is 67.1 Å². The van der Waals surface area contributed by atoms with Gasteiger partial charge >= 0.3 is 0 Å². The molecular weight excluding hydrogens is 552 g/mol. The Morgan fingerprint density at radius 1 is 0.929 bits per heavy atom. The van der Waals surface area contributed by atoms with E-state index in [9.17, 15) is 18.3 Å². The van der Waals surface area contributed by atoms with Crippen molar-refractivity contribution in [1.82, 2.24) is 10.0 Å². The SMILES string of the molecule is O=C(NS(=O)(=O)CCCCO)c1ccc(-c2ccc(CCNC[C@@H](O)c3ccccc3)cc2)cc1OC1CCCCC1. The highest BCUT2D eigenvalue weighted by atomic mass is 32.2. The van der Waals surface area contributed by atoms with E-state index in [1.54, 1.807) is 6.07 Å². The number of hydrogen-bond donors (Lipinski definition) is 4. The van der Waals surface area contributed by atoms with Crippen LogP contribution in [0.2, 0.25) is 0 Å². The van der Waals surface area contributed by atoms with E-state index in [0.29, 0.717) is 18.7 Å². The summed E-state index contributed by atoms with van der Waals surface area (Å²) in [7, 11) is -3.83. The molecule has 4 rings (SSSR count). The molecule has 0 saturated heterocycles. The molecule has 0 unspecified atom stereocenters. The Kier molecular flexibility index (Phi) is 12.0. The maximum Gasteiger partial charge on any atom is 0.268 e. The number of carbonyl (C=O) groups excluding carboxylic acids is 1. The quantitative estimate of drug-likeness (QED) is 0.187. The lowest BCUT2D eigenvalue weighted by Gasteiger charge is -2.24. The molecule has 1 saturated carbocycles. The molecule has 4 N–H and O–H groups in total. The summed E-state index contributed by atoms with van der Waals surface area (Å²) in [6.07, 6.45) is 5.95. The first-order valence-electron chi connectivity index (χ1n) is 14.8. The largest absolute Gasteiger partial charge is 0.490 e. The van der Waals surface area contributed by atoms with Gasteiger partial charge in [0.05, 0.1) is 23.5 Å². The van der Waals surface area contributed by atoms with Crippen molar-refractivity contribution in [3.63, 3.8) is 0 Å². The van der Waals surface area contributed by atoms with E-state index in [2.05, 4.69) is 22.2 Å². The van der Waals surface area contributed by atoms with Crippen LogP contribution in [0.5, 0.6) is 5.75 Å². The van der Waals surface area contributed by atoms with E-state index in [0.717, 1.165) is 67.3 Å². The molecule has 1 fully saturated rings. The molecule has 1 aliphatic rings. The molecule has 3 aromatic carbocycles. The van der Waals surface area contributed by atoms with Gasteiger partial charge in [0.2, 0.25) is 10.0 Å². The number of aliphatic hydroxyl groups excluding tert-OH is 2. The highest BCUT2D eigenvalue weighted by molar-refractivity contribution is 7.90. The van der Waals surface area contributed by atoms with E-state index in [4.69, 9.17) is 9.84 Å². The van der Waals surface area contributed by atoms with Crippen LogP contribution in [-0.2, 0) is 16.4 Å². The number of nitrogens with one attached hydrogen (secondary N) is 2. The zero-order chi connectivity index (χ0) is 29.8. The number of carbonyl (C=O) groups is 1. The number of amides is 1. The molecule has 9 heteroatoms. The third-order valence-electron chi connectivity index (χ3n) is 7.54. The zero-order valence-corrected chi connectivity index (χ0v) is 24.8. The molecule has 0 aliphatic heterocycles. The molecule has 0 bridgehead atoms. The second-order valence-electron chi connectivity index (χ2n) is 10.8. The first-order valence-corrected chi connectivity index (χ1v) is 16.5. The summed E-state index contributed by atoms with van der Waals surface area (Å²) >= 11 is 0. The maximum atomic E-state index is 13.1. The first-order chi connectivity index (χ1) is 20.3. The fourth-order valence-corrected chi connectivity index (χ4v) is 6.21. The van der Waals surface area contributed by atoms with Gasteiger partial charge < -0.3 is 20.3 Å². The lowest BCUT2D eigenvalue weighted by atomic mass is 9.97. The molecule has 1 aliphatic carbocycles. The van der Waals surface area contributed by atoms with Crippen LogP contribution in [0.4, 0.5) is 0 Å². The van der Waals surface area contributed by atoms with Gasteiger partial charge in [-0.25, -0.2) is 13.1 Å². The number of ether oxygens (including phenoxy) is 1. The van der Waals surface area contributed by atoms with Gasteiger partial charge in [-0.15, -0.1) is 0 Å². The standard InChI is InChI=1S/C33H42N2O6S/c36-21-7-8-22-42(39,40)35-33(38)30-18-17-28(23-32(30)41-29-11-5-2-6-12-29)26-15-13-25(14-16-26)19-20-34-24-31(37)27-9-3-1-4-10-27/h1,3-4,9-10,13-18,23,29,31,34,36-37H,2,5-8,11-12,19-22,24H2,(H,35,38)/t31-/m1/s1. The van der Waals surface area contributed by atoms with Gasteiger partial charge in [0, 0.05) is 13.2 Å². The number of benzene rings is 3. The predicted octanol–water partition coefficient (Wildman–Crippen LogP) is 4.76. The molecule has 3 aromatic rings. The van der Waals surface area contributed by atoms with Gasteiger partial charge in [0.25, 0.3) is 5.91 Å². The molecular formula is C33H42N2O6S. The number of sulfonamides is 1. The molecule has 226 valence electrons. The molecule has 0 radical (unpaired) electrons. The van der Waals surface area contributed by atoms with Crippen molar-refractivity contribution in [2.75, 3.05) is 25.4 Å². The van der Waals surface area contributed by atoms with E-state index in [1.165, 1.54) is 0 Å². The van der Waals surface area contributed by atoms with E-state index < -0.39 is 22.0 Å². The summed E-state index contributed by atoms with van der Waals surface area (Å²) in [6.45, 7) is 1.12. The van der Waals surface area contributed by atoms with Crippen LogP contribution < -0.4 is 14.8 Å². The Hall–Kier alpha value is -3.24. The molecule has 42 heavy (non-hydrogen) atoms. The fourth-order valence-electron chi connectivity index (χ4n) is 5.13. The van der Waals surface area contributed by atoms with Gasteiger partial charge in [-0.2, -0.15) is 0 Å². The number of rotatable bonds is 15. The number of hydrogen-bond acceptors (Lipinski definition) is 7. The summed E-state index contributed by atoms with van der Waals surface area (Å²) in [6, 6.07) is 23.0. The highest BCUT2D eigenvalue weighted by Gasteiger charge is 2.23. The average Bonchev–Trinajstić information content (AvgIpc) is 3.00. The molecule has 1 atom stereocenters. The average molecular weight is 595 g/mol. The summed E-state index contributed by atoms with van der Waals surface area (Å²) in [4.78, 5) is 13.1. The minimum absolute atomic E-state index is 0.0167. The van der Waals surface area contributed by atoms with Crippen molar-refractivity contribution in [2.24, 2.45) is 0 Å². The van der Waals surface area contributed by atoms with Crippen molar-refractivity contribution in [2.45, 2.75) is 63.6 Å². The Balaban J connectivity index is 1.41. The first kappa shape index (κ1) is 31.7. The fraction of sp³-hybridized carbons (Fsp3) is 0.424. The van der Waals surface area contributed by atoms with Crippen LogP contribution in [0, 0.1) is 0 Å². The second kappa shape index (κ2) is 15.8. The Labute approximate surface area is 249 Å². The molecule has 0 heterocycles. The van der Waals surface area contributed by atoms with Crippen LogP contribution in [-0.4, -0.2) is 56.1 Å². The second-order valence-corrected chi connectivity index (χ2v) is 12.7. The van der Waals surface area contributed by atoms with Crippen LogP contribution in [0.3, 0.4) is 0 Å². The van der Waals surface area contributed by atoms with Gasteiger partial charge in [0.1, 0.15) is 5.75 Å². The summed E-state index contributed by atoms with van der Waals surface area (Å²) < 4.78 is 33.3. The Morgan fingerprint density at radius 3 is 2.36 bits per heavy atom. The smallest absolute Gasteiger partial charge is 0.268 e. The molecule has 1 amide bonds. The Morgan fingerprint density at radius 2 is 1.64 bits per heavy atom. The van der Waals surface area contributed by atoms with Crippen LogP contribution >= 0.6 is 0 Å². The van der Waals surface area contributed by atoms with Gasteiger partial charge in [-0.3, -0.25) is 4.79 Å². The third-order valence-corrected chi connectivity index (χ3v) is 8.86. The maximum absolute atomic E-state index is 13.1. The lowest BCUT2D eigenvalue weighted by molar-refractivity contribution is 0.0969. The van der Waals surface area contributed by atoms with Crippen LogP contribution in [0.15, 0.2) is 72.8 Å². The normalized spacial score (nSPS) is 14.8. The molecule has 0 aromatic heterocycles. The van der Waals surface area contributed by atoms with Crippen molar-refractivity contribution in [3.05, 3.63) is 89.5 Å². The van der Waals surface area contributed by atoms with Gasteiger partial charge in [0.15, 0.2) is 0 Å². The van der Waals surface area contributed by atoms with Crippen molar-refractivity contribution < 1.29 is 28.2 Å². The topological polar surface area (TPSA) is 125 Å². The number of aliphatic hydroxyl groups is 2. The highest BCUT2D eigenvalue weighted by Crippen LogP contribution is 2.31. The summed E-state index contributed by atoms with van der Waals surface area (Å²) in [5, 5.41) is 22.6. The molecule has 8 nitrogen and oxygen atoms in total. The predicted molar refractivity (Wildman–Crippen MR) is 165 cm³/mol. The minimum Gasteiger partial charge on any atom is -0.490 e. The van der Waals surface area contributed by atoms with Gasteiger partial charge in [-0.05, 0) is 85.9 Å². The number of unbranched alkanes of at least 4 members (excludes halogenated alkanes) is 1. The van der Waals surface area contributed by atoms with Crippen molar-refractivity contribution in [3.8, 4) is 16.9 Å². The van der Waals surface area contributed by atoms with Crippen LogP contribution in [0.1, 0.15) is 72.5 Å². The van der Waals surface area contributed by atoms with E-state index in [-0.39, 0.29) is 30.4 Å². The summed E-state index contributed by atoms with van der Waals surface area (Å²) in [5.74, 6) is -0.560. The van der Waals surface area contributed by atoms with Crippen molar-refractivity contribution >= 4 is 15.9 Å². The zero-order valence-electron chi connectivity index (χ0n) is 24.0. The Bertz CT molecular complexity index is 1370. The summed E-state index contributed by atoms with van der Waals surface area (Å²) in [5.41, 5.74) is 4.07. The third kappa shape index (κ3) is 9.66. The van der Waals surface area contributed by atoms with Crippen molar-refractivity contribution in [1.29, 1.82) is 0 Å². The monoisotopic (exact) mass is 594 g/mol. The molecule has 0 spiro atoms.